The summed E-state index contributed by atoms with van der Waals surface area (Å²) >= 11 is 0. The lowest BCUT2D eigenvalue weighted by molar-refractivity contribution is 0.661. The standard InChI is InChI=1S/C51H35N5/c1-51(2)41-30-39(49-54-47(32-18-6-3-7-19-32)53-48(55-49)33-20-8-4-9-21-33)35-24-12-14-26-37(35)45(41)46-38-27-15-13-25-36(38)40(31-42(46)51)50-52-43-28-16-17-29-44(43)56(50)34-22-10-5-11-23-34/h3-31H,1-2H3. The van der Waals surface area contributed by atoms with Crippen molar-refractivity contribution in [3.05, 3.63) is 187 Å². The van der Waals surface area contributed by atoms with Crippen LogP contribution >= 0.6 is 0 Å². The van der Waals surface area contributed by atoms with Crippen molar-refractivity contribution in [1.29, 1.82) is 0 Å². The van der Waals surface area contributed by atoms with Crippen molar-refractivity contribution in [2.45, 2.75) is 19.3 Å². The third-order valence-electron chi connectivity index (χ3n) is 11.4. The zero-order valence-corrected chi connectivity index (χ0v) is 31.0. The molecule has 0 saturated heterocycles. The van der Waals surface area contributed by atoms with Crippen molar-refractivity contribution in [2.75, 3.05) is 0 Å². The minimum atomic E-state index is -0.358. The van der Waals surface area contributed by atoms with E-state index in [1.54, 1.807) is 0 Å². The van der Waals surface area contributed by atoms with E-state index >= 15 is 0 Å². The van der Waals surface area contributed by atoms with Crippen LogP contribution in [0, 0.1) is 0 Å². The molecule has 2 heterocycles. The van der Waals surface area contributed by atoms with Crippen molar-refractivity contribution in [1.82, 2.24) is 24.5 Å². The van der Waals surface area contributed by atoms with Crippen LogP contribution in [0.1, 0.15) is 25.0 Å². The molecule has 0 atom stereocenters. The summed E-state index contributed by atoms with van der Waals surface area (Å²) in [4.78, 5) is 20.7. The van der Waals surface area contributed by atoms with E-state index < -0.39 is 0 Å². The molecule has 0 bridgehead atoms. The van der Waals surface area contributed by atoms with Crippen LogP contribution in [0.2, 0.25) is 0 Å². The highest BCUT2D eigenvalue weighted by molar-refractivity contribution is 6.16. The van der Waals surface area contributed by atoms with Gasteiger partial charge in [-0.25, -0.2) is 19.9 Å². The van der Waals surface area contributed by atoms with E-state index in [1.807, 2.05) is 36.4 Å². The van der Waals surface area contributed by atoms with Gasteiger partial charge in [0, 0.05) is 33.4 Å². The molecule has 0 spiro atoms. The molecule has 0 aliphatic heterocycles. The van der Waals surface area contributed by atoms with Crippen LogP contribution in [0.25, 0.3) is 94.9 Å². The molecule has 1 aliphatic rings. The van der Waals surface area contributed by atoms with Crippen molar-refractivity contribution in [2.24, 2.45) is 0 Å². The third-order valence-corrected chi connectivity index (χ3v) is 11.4. The van der Waals surface area contributed by atoms with Crippen molar-refractivity contribution < 1.29 is 0 Å². The fourth-order valence-electron chi connectivity index (χ4n) is 8.76. The molecule has 5 heteroatoms. The van der Waals surface area contributed by atoms with Crippen LogP contribution in [-0.2, 0) is 5.41 Å². The van der Waals surface area contributed by atoms with E-state index in [9.17, 15) is 0 Å². The van der Waals surface area contributed by atoms with Gasteiger partial charge in [-0.3, -0.25) is 4.57 Å². The first kappa shape index (κ1) is 32.2. The molecule has 8 aromatic carbocycles. The minimum Gasteiger partial charge on any atom is -0.292 e. The van der Waals surface area contributed by atoms with Gasteiger partial charge in [0.15, 0.2) is 17.5 Å². The number of benzene rings is 8. The van der Waals surface area contributed by atoms with E-state index in [-0.39, 0.29) is 5.41 Å². The predicted octanol–water partition coefficient (Wildman–Crippen LogP) is 12.5. The molecule has 10 aromatic rings. The van der Waals surface area contributed by atoms with Gasteiger partial charge in [-0.2, -0.15) is 0 Å². The lowest BCUT2D eigenvalue weighted by atomic mass is 9.80. The van der Waals surface area contributed by atoms with Crippen molar-refractivity contribution >= 4 is 32.6 Å². The molecule has 0 radical (unpaired) electrons. The number of rotatable bonds is 5. The molecule has 11 rings (SSSR count). The van der Waals surface area contributed by atoms with Gasteiger partial charge in [0.1, 0.15) is 5.82 Å². The summed E-state index contributed by atoms with van der Waals surface area (Å²) in [5.74, 6) is 2.89. The summed E-state index contributed by atoms with van der Waals surface area (Å²) in [7, 11) is 0. The number of hydrogen-bond donors (Lipinski definition) is 0. The Hall–Kier alpha value is -7.24. The quantitative estimate of drug-likeness (QED) is 0.178. The maximum atomic E-state index is 5.34. The van der Waals surface area contributed by atoms with Crippen molar-refractivity contribution in [3.8, 4) is 62.4 Å². The van der Waals surface area contributed by atoms with Gasteiger partial charge in [-0.15, -0.1) is 0 Å². The van der Waals surface area contributed by atoms with Crippen LogP contribution < -0.4 is 0 Å². The molecule has 0 fully saturated rings. The van der Waals surface area contributed by atoms with Gasteiger partial charge in [0.25, 0.3) is 0 Å². The van der Waals surface area contributed by atoms with Crippen molar-refractivity contribution in [3.63, 3.8) is 0 Å². The van der Waals surface area contributed by atoms with E-state index in [0.717, 1.165) is 50.2 Å². The molecular weight excluding hydrogens is 683 g/mol. The zero-order chi connectivity index (χ0) is 37.4. The summed E-state index contributed by atoms with van der Waals surface area (Å²) < 4.78 is 2.31. The maximum Gasteiger partial charge on any atom is 0.164 e. The Morgan fingerprint density at radius 1 is 0.411 bits per heavy atom. The summed E-state index contributed by atoms with van der Waals surface area (Å²) in [6, 6.07) is 61.7. The van der Waals surface area contributed by atoms with E-state index in [0.29, 0.717) is 17.5 Å². The second-order valence-electron chi connectivity index (χ2n) is 15.0. The first-order valence-electron chi connectivity index (χ1n) is 19.1. The Morgan fingerprint density at radius 2 is 0.857 bits per heavy atom. The molecule has 2 aromatic heterocycles. The highest BCUT2D eigenvalue weighted by Crippen LogP contribution is 2.56. The van der Waals surface area contributed by atoms with E-state index in [1.165, 1.54) is 38.4 Å². The Morgan fingerprint density at radius 3 is 1.45 bits per heavy atom. The third kappa shape index (κ3) is 4.87. The Labute approximate surface area is 324 Å². The second kappa shape index (κ2) is 12.4. The van der Waals surface area contributed by atoms with E-state index in [4.69, 9.17) is 19.9 Å². The van der Waals surface area contributed by atoms with Gasteiger partial charge >= 0.3 is 0 Å². The van der Waals surface area contributed by atoms with Crippen LogP contribution in [0.4, 0.5) is 0 Å². The molecule has 5 nitrogen and oxygen atoms in total. The highest BCUT2D eigenvalue weighted by Gasteiger charge is 2.40. The van der Waals surface area contributed by atoms with Gasteiger partial charge in [-0.1, -0.05) is 153 Å². The average Bonchev–Trinajstić information content (AvgIpc) is 3.76. The first-order valence-corrected chi connectivity index (χ1v) is 19.1. The number of fused-ring (bicyclic) bond motifs is 8. The number of aromatic nitrogens is 5. The highest BCUT2D eigenvalue weighted by atomic mass is 15.1. The normalized spacial score (nSPS) is 13.0. The molecule has 264 valence electrons. The van der Waals surface area contributed by atoms with Crippen LogP contribution in [0.3, 0.4) is 0 Å². The number of nitrogens with zero attached hydrogens (tertiary/aromatic N) is 5. The Bertz CT molecular complexity index is 3090. The molecular formula is C51H35N5. The summed E-state index contributed by atoms with van der Waals surface area (Å²) in [5.41, 5.74) is 11.9. The monoisotopic (exact) mass is 717 g/mol. The summed E-state index contributed by atoms with van der Waals surface area (Å²) in [6.07, 6.45) is 0. The number of para-hydroxylation sites is 3. The number of hydrogen-bond acceptors (Lipinski definition) is 4. The molecule has 0 unspecified atom stereocenters. The largest absolute Gasteiger partial charge is 0.292 e. The van der Waals surface area contributed by atoms with Gasteiger partial charge < -0.3 is 0 Å². The Kier molecular flexibility index (Phi) is 7.13. The predicted molar refractivity (Wildman–Crippen MR) is 229 cm³/mol. The van der Waals surface area contributed by atoms with Crippen LogP contribution in [-0.4, -0.2) is 24.5 Å². The second-order valence-corrected chi connectivity index (χ2v) is 15.0. The van der Waals surface area contributed by atoms with Gasteiger partial charge in [0.2, 0.25) is 0 Å². The molecule has 0 amide bonds. The SMILES string of the molecule is CC1(C)c2cc(-c3nc(-c4ccccc4)nc(-c4ccccc4)n3)c3ccccc3c2-c2c1cc(-c1nc3ccccc3n1-c1ccccc1)c1ccccc21. The Balaban J connectivity index is 1.19. The van der Waals surface area contributed by atoms with Crippen LogP contribution in [0.5, 0.6) is 0 Å². The molecule has 0 N–H and O–H groups in total. The van der Waals surface area contributed by atoms with Gasteiger partial charge in [0.05, 0.1) is 11.0 Å². The zero-order valence-electron chi connectivity index (χ0n) is 31.0. The molecule has 1 aliphatic carbocycles. The average molecular weight is 718 g/mol. The fourth-order valence-corrected chi connectivity index (χ4v) is 8.76. The minimum absolute atomic E-state index is 0.358. The lowest BCUT2D eigenvalue weighted by Gasteiger charge is -2.24. The topological polar surface area (TPSA) is 56.5 Å². The molecule has 0 saturated carbocycles. The van der Waals surface area contributed by atoms with E-state index in [2.05, 4.69) is 158 Å². The molecule has 56 heavy (non-hydrogen) atoms. The van der Waals surface area contributed by atoms with Crippen LogP contribution in [0.15, 0.2) is 176 Å². The summed E-state index contributed by atoms with van der Waals surface area (Å²) in [5, 5.41) is 4.68. The number of imidazole rings is 1. The maximum absolute atomic E-state index is 5.34. The summed E-state index contributed by atoms with van der Waals surface area (Å²) in [6.45, 7) is 4.71. The fraction of sp³-hybridized carbons (Fsp3) is 0.0588. The van der Waals surface area contributed by atoms with Gasteiger partial charge in [-0.05, 0) is 80.2 Å². The first-order chi connectivity index (χ1) is 27.5. The lowest BCUT2D eigenvalue weighted by Crippen LogP contribution is -2.15. The smallest absolute Gasteiger partial charge is 0.164 e.